The molecule has 2 aromatic rings. The number of aliphatic hydroxyl groups excluding tert-OH is 1. The number of hydrogen-bond acceptors (Lipinski definition) is 2. The van der Waals surface area contributed by atoms with Crippen molar-refractivity contribution in [2.24, 2.45) is 0 Å². The highest BCUT2D eigenvalue weighted by molar-refractivity contribution is 7.07. The quantitative estimate of drug-likeness (QED) is 0.882. The van der Waals surface area contributed by atoms with Gasteiger partial charge in [-0.3, -0.25) is 0 Å². The van der Waals surface area contributed by atoms with E-state index in [0.29, 0.717) is 16.5 Å². The Kier molecular flexibility index (Phi) is 3.87. The fourth-order valence-corrected chi connectivity index (χ4v) is 2.76. The van der Waals surface area contributed by atoms with Gasteiger partial charge in [-0.25, -0.2) is 0 Å². The second-order valence-electron chi connectivity index (χ2n) is 3.48. The van der Waals surface area contributed by atoms with Gasteiger partial charge in [-0.2, -0.15) is 11.3 Å². The minimum Gasteiger partial charge on any atom is -0.388 e. The molecule has 1 atom stereocenters. The summed E-state index contributed by atoms with van der Waals surface area (Å²) in [5.41, 5.74) is 1.70. The molecule has 0 aliphatic carbocycles. The van der Waals surface area contributed by atoms with Gasteiger partial charge in [0, 0.05) is 16.5 Å². The lowest BCUT2D eigenvalue weighted by Gasteiger charge is -2.11. The first-order valence-electron chi connectivity index (χ1n) is 4.81. The van der Waals surface area contributed by atoms with Gasteiger partial charge in [0.15, 0.2) is 0 Å². The molecule has 0 amide bonds. The molecule has 1 heterocycles. The Labute approximate surface area is 108 Å². The zero-order valence-corrected chi connectivity index (χ0v) is 10.7. The molecule has 4 heteroatoms. The van der Waals surface area contributed by atoms with Crippen LogP contribution < -0.4 is 0 Å². The first kappa shape index (κ1) is 11.9. The molecule has 84 valence electrons. The van der Waals surface area contributed by atoms with E-state index in [1.165, 1.54) is 0 Å². The van der Waals surface area contributed by atoms with Crippen LogP contribution in [-0.4, -0.2) is 5.11 Å². The van der Waals surface area contributed by atoms with Gasteiger partial charge >= 0.3 is 0 Å². The third kappa shape index (κ3) is 2.58. The van der Waals surface area contributed by atoms with Crippen molar-refractivity contribution in [2.75, 3.05) is 0 Å². The van der Waals surface area contributed by atoms with Crippen molar-refractivity contribution in [1.82, 2.24) is 0 Å². The lowest BCUT2D eigenvalue weighted by atomic mass is 10.0. The van der Waals surface area contributed by atoms with Gasteiger partial charge < -0.3 is 5.11 Å². The van der Waals surface area contributed by atoms with Crippen molar-refractivity contribution >= 4 is 34.5 Å². The van der Waals surface area contributed by atoms with Crippen LogP contribution in [0.3, 0.4) is 0 Å². The van der Waals surface area contributed by atoms with E-state index in [1.807, 2.05) is 16.8 Å². The highest BCUT2D eigenvalue weighted by Crippen LogP contribution is 2.29. The van der Waals surface area contributed by atoms with Gasteiger partial charge in [-0.15, -0.1) is 0 Å². The average molecular weight is 273 g/mol. The highest BCUT2D eigenvalue weighted by atomic mass is 35.5. The van der Waals surface area contributed by atoms with Crippen LogP contribution in [0.1, 0.15) is 17.2 Å². The molecule has 0 saturated carbocycles. The monoisotopic (exact) mass is 272 g/mol. The minimum atomic E-state index is -0.552. The number of benzene rings is 1. The van der Waals surface area contributed by atoms with Crippen molar-refractivity contribution in [3.05, 3.63) is 56.2 Å². The summed E-state index contributed by atoms with van der Waals surface area (Å²) in [4.78, 5) is 0. The number of halogens is 2. The van der Waals surface area contributed by atoms with Crippen molar-refractivity contribution in [2.45, 2.75) is 12.5 Å². The third-order valence-electron chi connectivity index (χ3n) is 2.39. The molecule has 1 aromatic carbocycles. The van der Waals surface area contributed by atoms with Gasteiger partial charge in [0.1, 0.15) is 0 Å². The lowest BCUT2D eigenvalue weighted by Crippen LogP contribution is -2.01. The Morgan fingerprint density at radius 3 is 2.44 bits per heavy atom. The molecule has 1 unspecified atom stereocenters. The Morgan fingerprint density at radius 1 is 1.19 bits per heavy atom. The second-order valence-corrected chi connectivity index (χ2v) is 5.07. The molecule has 1 aromatic heterocycles. The fourth-order valence-electron chi connectivity index (χ4n) is 1.50. The SMILES string of the molecule is OC(Cc1c(Cl)cccc1Cl)c1ccsc1. The second kappa shape index (κ2) is 5.19. The number of hydrogen-bond donors (Lipinski definition) is 1. The van der Waals surface area contributed by atoms with Crippen molar-refractivity contribution in [1.29, 1.82) is 0 Å². The number of thiophene rings is 1. The molecule has 0 saturated heterocycles. The molecule has 0 fully saturated rings. The topological polar surface area (TPSA) is 20.2 Å². The van der Waals surface area contributed by atoms with Gasteiger partial charge in [-0.1, -0.05) is 29.3 Å². The maximum Gasteiger partial charge on any atom is 0.0839 e. The summed E-state index contributed by atoms with van der Waals surface area (Å²) in [7, 11) is 0. The van der Waals surface area contributed by atoms with Gasteiger partial charge in [0.25, 0.3) is 0 Å². The van der Waals surface area contributed by atoms with E-state index >= 15 is 0 Å². The van der Waals surface area contributed by atoms with E-state index in [0.717, 1.165) is 11.1 Å². The van der Waals surface area contributed by atoms with E-state index in [-0.39, 0.29) is 0 Å². The van der Waals surface area contributed by atoms with Crippen LogP contribution in [-0.2, 0) is 6.42 Å². The maximum absolute atomic E-state index is 10.0. The van der Waals surface area contributed by atoms with Crippen molar-refractivity contribution in [3.8, 4) is 0 Å². The van der Waals surface area contributed by atoms with Gasteiger partial charge in [0.05, 0.1) is 6.10 Å². The maximum atomic E-state index is 10.0. The molecule has 0 radical (unpaired) electrons. The Hall–Kier alpha value is -0.540. The Balaban J connectivity index is 2.21. The van der Waals surface area contributed by atoms with Crippen LogP contribution in [0, 0.1) is 0 Å². The van der Waals surface area contributed by atoms with E-state index in [2.05, 4.69) is 0 Å². The predicted octanol–water partition coefficient (Wildman–Crippen LogP) is 4.33. The zero-order valence-electron chi connectivity index (χ0n) is 8.36. The molecule has 1 N–H and O–H groups in total. The van der Waals surface area contributed by atoms with Crippen molar-refractivity contribution in [3.63, 3.8) is 0 Å². The van der Waals surface area contributed by atoms with Gasteiger partial charge in [-0.05, 0) is 40.1 Å². The first-order valence-corrected chi connectivity index (χ1v) is 6.51. The van der Waals surface area contributed by atoms with Crippen LogP contribution in [0.25, 0.3) is 0 Å². The Morgan fingerprint density at radius 2 is 1.88 bits per heavy atom. The number of aliphatic hydroxyl groups is 1. The largest absolute Gasteiger partial charge is 0.388 e. The van der Waals surface area contributed by atoms with Gasteiger partial charge in [0.2, 0.25) is 0 Å². The summed E-state index contributed by atoms with van der Waals surface area (Å²) in [5, 5.41) is 15.1. The summed E-state index contributed by atoms with van der Waals surface area (Å²) in [6.07, 6.45) is -0.112. The fraction of sp³-hybridized carbons (Fsp3) is 0.167. The van der Waals surface area contributed by atoms with Crippen molar-refractivity contribution < 1.29 is 5.11 Å². The van der Waals surface area contributed by atoms with Crippen LogP contribution in [0.5, 0.6) is 0 Å². The predicted molar refractivity (Wildman–Crippen MR) is 69.4 cm³/mol. The van der Waals surface area contributed by atoms with Crippen LogP contribution >= 0.6 is 34.5 Å². The highest BCUT2D eigenvalue weighted by Gasteiger charge is 2.13. The molecule has 0 aliphatic heterocycles. The van der Waals surface area contributed by atoms with E-state index in [4.69, 9.17) is 23.2 Å². The lowest BCUT2D eigenvalue weighted by molar-refractivity contribution is 0.179. The minimum absolute atomic E-state index is 0.440. The normalized spacial score (nSPS) is 12.7. The van der Waals surface area contributed by atoms with E-state index in [1.54, 1.807) is 29.5 Å². The third-order valence-corrected chi connectivity index (χ3v) is 3.80. The standard InChI is InChI=1S/C12H10Cl2OS/c13-10-2-1-3-11(14)9(10)6-12(15)8-4-5-16-7-8/h1-5,7,12,15H,6H2. The van der Waals surface area contributed by atoms with E-state index in [9.17, 15) is 5.11 Å². The molecule has 16 heavy (non-hydrogen) atoms. The number of rotatable bonds is 3. The zero-order chi connectivity index (χ0) is 11.5. The molecule has 2 rings (SSSR count). The van der Waals surface area contributed by atoms with E-state index < -0.39 is 6.10 Å². The molecule has 1 nitrogen and oxygen atoms in total. The molecule has 0 aliphatic rings. The average Bonchev–Trinajstić information content (AvgIpc) is 2.76. The molecular weight excluding hydrogens is 263 g/mol. The summed E-state index contributed by atoms with van der Waals surface area (Å²) in [6, 6.07) is 7.26. The van der Waals surface area contributed by atoms with Crippen LogP contribution in [0.2, 0.25) is 10.0 Å². The Bertz CT molecular complexity index is 448. The molecule has 0 bridgehead atoms. The summed E-state index contributed by atoms with van der Waals surface area (Å²) in [6.45, 7) is 0. The smallest absolute Gasteiger partial charge is 0.0839 e. The summed E-state index contributed by atoms with van der Waals surface area (Å²) in [5.74, 6) is 0. The molecule has 0 spiro atoms. The molecular formula is C12H10Cl2OS. The summed E-state index contributed by atoms with van der Waals surface area (Å²) < 4.78 is 0. The van der Waals surface area contributed by atoms with Crippen LogP contribution in [0.15, 0.2) is 35.0 Å². The van der Waals surface area contributed by atoms with Crippen LogP contribution in [0.4, 0.5) is 0 Å². The summed E-state index contributed by atoms with van der Waals surface area (Å²) >= 11 is 13.6. The first-order chi connectivity index (χ1) is 7.68.